The van der Waals surface area contributed by atoms with Gasteiger partial charge in [-0.1, -0.05) is 28.1 Å². The Morgan fingerprint density at radius 1 is 1.50 bits per heavy atom. The maximum Gasteiger partial charge on any atom is 0.141 e. The summed E-state index contributed by atoms with van der Waals surface area (Å²) >= 11 is 4.62. The Morgan fingerprint density at radius 2 is 2.29 bits per heavy atom. The second-order valence-corrected chi connectivity index (χ2v) is 4.43. The van der Waals surface area contributed by atoms with Gasteiger partial charge in [-0.05, 0) is 6.07 Å². The van der Waals surface area contributed by atoms with E-state index < -0.39 is 0 Å². The zero-order chi connectivity index (χ0) is 10.1. The first-order chi connectivity index (χ1) is 6.77. The molecule has 4 heteroatoms. The van der Waals surface area contributed by atoms with Gasteiger partial charge in [0.2, 0.25) is 0 Å². The third-order valence-corrected chi connectivity index (χ3v) is 4.12. The highest BCUT2D eigenvalue weighted by Gasteiger charge is 2.12. The van der Waals surface area contributed by atoms with Crippen LogP contribution in [0.3, 0.4) is 0 Å². The van der Waals surface area contributed by atoms with Crippen molar-refractivity contribution < 1.29 is 4.39 Å². The molecule has 2 rings (SSSR count). The SMILES string of the molecule is N#Cc1c(CBr)sc2c(F)cccc12. The number of thiophene rings is 1. The van der Waals surface area contributed by atoms with Crippen LogP contribution in [0.1, 0.15) is 10.4 Å². The van der Waals surface area contributed by atoms with E-state index >= 15 is 0 Å². The molecule has 0 saturated heterocycles. The van der Waals surface area contributed by atoms with Crippen molar-refractivity contribution in [1.29, 1.82) is 5.26 Å². The van der Waals surface area contributed by atoms with Gasteiger partial charge in [-0.3, -0.25) is 0 Å². The van der Waals surface area contributed by atoms with Crippen molar-refractivity contribution in [3.05, 3.63) is 34.5 Å². The molecule has 70 valence electrons. The van der Waals surface area contributed by atoms with Crippen molar-refractivity contribution in [2.24, 2.45) is 0 Å². The van der Waals surface area contributed by atoms with E-state index in [1.807, 2.05) is 0 Å². The minimum atomic E-state index is -0.254. The van der Waals surface area contributed by atoms with Gasteiger partial charge < -0.3 is 0 Å². The Morgan fingerprint density at radius 3 is 2.93 bits per heavy atom. The molecule has 0 aliphatic rings. The summed E-state index contributed by atoms with van der Waals surface area (Å²) in [6.45, 7) is 0. The largest absolute Gasteiger partial charge is 0.205 e. The third-order valence-electron chi connectivity index (χ3n) is 1.97. The molecule has 0 spiro atoms. The van der Waals surface area contributed by atoms with Crippen LogP contribution in [0.2, 0.25) is 0 Å². The smallest absolute Gasteiger partial charge is 0.141 e. The highest BCUT2D eigenvalue weighted by molar-refractivity contribution is 9.08. The molecule has 2 aromatic rings. The predicted molar refractivity (Wildman–Crippen MR) is 59.1 cm³/mol. The van der Waals surface area contributed by atoms with Crippen molar-refractivity contribution >= 4 is 37.4 Å². The number of hydrogen-bond donors (Lipinski definition) is 0. The first-order valence-corrected chi connectivity index (χ1v) is 5.87. The number of fused-ring (bicyclic) bond motifs is 1. The quantitative estimate of drug-likeness (QED) is 0.723. The number of benzene rings is 1. The fourth-order valence-corrected chi connectivity index (χ4v) is 2.98. The normalized spacial score (nSPS) is 10.4. The molecule has 0 bridgehead atoms. The van der Waals surface area contributed by atoms with Crippen LogP contribution in [0.5, 0.6) is 0 Å². The van der Waals surface area contributed by atoms with Gasteiger partial charge in [-0.2, -0.15) is 5.26 Å². The number of halogens is 2. The molecular formula is C10H5BrFNS. The lowest BCUT2D eigenvalue weighted by atomic mass is 10.1. The van der Waals surface area contributed by atoms with Gasteiger partial charge >= 0.3 is 0 Å². The van der Waals surface area contributed by atoms with Crippen LogP contribution in [0, 0.1) is 17.1 Å². The summed E-state index contributed by atoms with van der Waals surface area (Å²) in [4.78, 5) is 0.882. The fourth-order valence-electron chi connectivity index (χ4n) is 1.35. The van der Waals surface area contributed by atoms with E-state index in [0.29, 0.717) is 21.0 Å². The molecule has 0 aliphatic carbocycles. The summed E-state index contributed by atoms with van der Waals surface area (Å²) in [6, 6.07) is 6.93. The van der Waals surface area contributed by atoms with Crippen molar-refractivity contribution in [3.8, 4) is 6.07 Å². The predicted octanol–water partition coefficient (Wildman–Crippen LogP) is 3.81. The second kappa shape index (κ2) is 3.68. The molecule has 0 fully saturated rings. The van der Waals surface area contributed by atoms with Crippen LogP contribution in [-0.4, -0.2) is 0 Å². The van der Waals surface area contributed by atoms with Gasteiger partial charge in [-0.15, -0.1) is 11.3 Å². The molecule has 0 N–H and O–H groups in total. The second-order valence-electron chi connectivity index (χ2n) is 2.76. The van der Waals surface area contributed by atoms with Crippen molar-refractivity contribution in [2.75, 3.05) is 0 Å². The molecule has 1 heterocycles. The Bertz CT molecular complexity index is 527. The summed E-state index contributed by atoms with van der Waals surface area (Å²) in [5, 5.41) is 10.2. The van der Waals surface area contributed by atoms with E-state index in [4.69, 9.17) is 5.26 Å². The van der Waals surface area contributed by atoms with Gasteiger partial charge in [0.05, 0.1) is 10.3 Å². The van der Waals surface area contributed by atoms with Crippen LogP contribution < -0.4 is 0 Å². The van der Waals surface area contributed by atoms with Crippen LogP contribution in [0.4, 0.5) is 4.39 Å². The maximum atomic E-state index is 13.3. The lowest BCUT2D eigenvalue weighted by Gasteiger charge is -1.90. The van der Waals surface area contributed by atoms with Gasteiger partial charge in [0.15, 0.2) is 0 Å². The average molecular weight is 270 g/mol. The number of nitrogens with zero attached hydrogens (tertiary/aromatic N) is 1. The molecule has 14 heavy (non-hydrogen) atoms. The Labute approximate surface area is 92.9 Å². The van der Waals surface area contributed by atoms with Gasteiger partial charge in [-0.25, -0.2) is 4.39 Å². The summed E-state index contributed by atoms with van der Waals surface area (Å²) < 4.78 is 13.9. The molecule has 1 aromatic heterocycles. The molecule has 0 amide bonds. The monoisotopic (exact) mass is 269 g/mol. The van der Waals surface area contributed by atoms with Crippen LogP contribution in [0.15, 0.2) is 18.2 Å². The average Bonchev–Trinajstić information content (AvgIpc) is 2.57. The third kappa shape index (κ3) is 1.33. The summed E-state index contributed by atoms with van der Waals surface area (Å²) in [5.74, 6) is -0.254. The summed E-state index contributed by atoms with van der Waals surface area (Å²) in [5.41, 5.74) is 0.585. The molecule has 1 aromatic carbocycles. The van der Waals surface area contributed by atoms with Gasteiger partial charge in [0.1, 0.15) is 11.9 Å². The van der Waals surface area contributed by atoms with Crippen LogP contribution in [0.25, 0.3) is 10.1 Å². The van der Waals surface area contributed by atoms with Crippen molar-refractivity contribution in [3.63, 3.8) is 0 Å². The fraction of sp³-hybridized carbons (Fsp3) is 0.100. The van der Waals surface area contributed by atoms with E-state index in [0.717, 1.165) is 4.88 Å². The molecule has 0 saturated carbocycles. The highest BCUT2D eigenvalue weighted by atomic mass is 79.9. The Hall–Kier alpha value is -0.920. The zero-order valence-corrected chi connectivity index (χ0v) is 9.45. The lowest BCUT2D eigenvalue weighted by Crippen LogP contribution is -1.77. The standard InChI is InChI=1S/C10H5BrFNS/c11-4-9-7(5-13)6-2-1-3-8(12)10(6)14-9/h1-3H,4H2. The van der Waals surface area contributed by atoms with Crippen molar-refractivity contribution in [1.82, 2.24) is 0 Å². The number of hydrogen-bond acceptors (Lipinski definition) is 2. The number of rotatable bonds is 1. The van der Waals surface area contributed by atoms with Gasteiger partial charge in [0, 0.05) is 15.6 Å². The van der Waals surface area contributed by atoms with E-state index in [1.54, 1.807) is 12.1 Å². The topological polar surface area (TPSA) is 23.8 Å². The minimum absolute atomic E-state index is 0.254. The van der Waals surface area contributed by atoms with Crippen LogP contribution >= 0.6 is 27.3 Å². The highest BCUT2D eigenvalue weighted by Crippen LogP contribution is 2.33. The van der Waals surface area contributed by atoms with E-state index in [-0.39, 0.29) is 5.82 Å². The van der Waals surface area contributed by atoms with E-state index in [1.165, 1.54) is 17.4 Å². The van der Waals surface area contributed by atoms with Crippen molar-refractivity contribution in [2.45, 2.75) is 5.33 Å². The van der Waals surface area contributed by atoms with E-state index in [9.17, 15) is 4.39 Å². The summed E-state index contributed by atoms with van der Waals surface area (Å²) in [7, 11) is 0. The van der Waals surface area contributed by atoms with E-state index in [2.05, 4.69) is 22.0 Å². The lowest BCUT2D eigenvalue weighted by molar-refractivity contribution is 0.641. The molecule has 0 unspecified atom stereocenters. The minimum Gasteiger partial charge on any atom is -0.205 e. The van der Waals surface area contributed by atoms with Gasteiger partial charge in [0.25, 0.3) is 0 Å². The zero-order valence-electron chi connectivity index (χ0n) is 7.05. The first kappa shape index (κ1) is 9.63. The number of nitriles is 1. The molecular weight excluding hydrogens is 265 g/mol. The Kier molecular flexibility index (Phi) is 2.53. The Balaban J connectivity index is 2.88. The molecule has 1 nitrogen and oxygen atoms in total. The maximum absolute atomic E-state index is 13.3. The molecule has 0 radical (unpaired) electrons. The first-order valence-electron chi connectivity index (χ1n) is 3.94. The molecule has 0 atom stereocenters. The molecule has 0 aliphatic heterocycles. The van der Waals surface area contributed by atoms with Crippen LogP contribution in [-0.2, 0) is 5.33 Å². The summed E-state index contributed by atoms with van der Waals surface area (Å²) in [6.07, 6.45) is 0. The number of alkyl halides is 1.